The summed E-state index contributed by atoms with van der Waals surface area (Å²) < 4.78 is 9.58. The number of methoxy groups -OCH3 is 1. The molecule has 3 amide bonds. The van der Waals surface area contributed by atoms with Gasteiger partial charge in [-0.25, -0.2) is 4.79 Å². The van der Waals surface area contributed by atoms with Gasteiger partial charge >= 0.3 is 5.97 Å². The zero-order valence-electron chi connectivity index (χ0n) is 24.6. The van der Waals surface area contributed by atoms with Crippen LogP contribution in [0.1, 0.15) is 68.2 Å². The zero-order chi connectivity index (χ0) is 30.7. The van der Waals surface area contributed by atoms with Crippen molar-refractivity contribution in [2.75, 3.05) is 12.4 Å². The predicted octanol–water partition coefficient (Wildman–Crippen LogP) is 2.59. The summed E-state index contributed by atoms with van der Waals surface area (Å²) in [5.41, 5.74) is 0.00624. The Labute approximate surface area is 248 Å². The summed E-state index contributed by atoms with van der Waals surface area (Å²) in [5.74, 6) is -1.39. The van der Waals surface area contributed by atoms with Gasteiger partial charge in [-0.3, -0.25) is 19.2 Å². The minimum Gasteiger partial charge on any atom is -0.466 e. The smallest absolute Gasteiger partial charge is 0.330 e. The summed E-state index contributed by atoms with van der Waals surface area (Å²) in [7, 11) is 1.25. The van der Waals surface area contributed by atoms with E-state index in [9.17, 15) is 24.0 Å². The molecule has 0 spiro atoms. The number of aryl methyl sites for hydroxylation is 1. The van der Waals surface area contributed by atoms with Crippen LogP contribution in [0, 0.1) is 23.7 Å². The molecule has 226 valence electrons. The number of carbonyl (C=O) groups is 4. The van der Waals surface area contributed by atoms with Gasteiger partial charge in [0.05, 0.1) is 12.8 Å². The molecule has 2 heterocycles. The number of allylic oxidation sites excluding steroid dienone is 1. The van der Waals surface area contributed by atoms with Crippen molar-refractivity contribution >= 4 is 40.9 Å². The third-order valence-corrected chi connectivity index (χ3v) is 10.1. The van der Waals surface area contributed by atoms with E-state index in [0.29, 0.717) is 11.6 Å². The SMILES string of the molecule is COC(=O)/C=C/CC[C@H](NC(=O)c1snnc1C)C(=O)Nc1cccn(CC(=O)N[C@H]2C[C@H]3CC[C@]2(C)C3(C)C)c1=O. The minimum atomic E-state index is -1.04. The summed E-state index contributed by atoms with van der Waals surface area (Å²) in [4.78, 5) is 64.0. The van der Waals surface area contributed by atoms with Crippen LogP contribution in [0.5, 0.6) is 0 Å². The van der Waals surface area contributed by atoms with E-state index in [2.05, 4.69) is 51.0 Å². The molecule has 12 nitrogen and oxygen atoms in total. The van der Waals surface area contributed by atoms with Crippen molar-refractivity contribution in [2.45, 2.75) is 78.4 Å². The molecule has 2 aromatic heterocycles. The molecule has 0 aromatic carbocycles. The number of esters is 1. The van der Waals surface area contributed by atoms with Crippen LogP contribution < -0.4 is 21.5 Å². The first kappa shape index (κ1) is 31.1. The predicted molar refractivity (Wildman–Crippen MR) is 157 cm³/mol. The van der Waals surface area contributed by atoms with E-state index in [1.165, 1.54) is 42.5 Å². The average Bonchev–Trinajstić information content (AvgIpc) is 3.53. The van der Waals surface area contributed by atoms with E-state index in [-0.39, 0.29) is 52.7 Å². The topological polar surface area (TPSA) is 161 Å². The Bertz CT molecular complexity index is 1450. The molecule has 2 bridgehead atoms. The molecule has 0 aliphatic heterocycles. The van der Waals surface area contributed by atoms with Gasteiger partial charge < -0.3 is 25.3 Å². The van der Waals surface area contributed by atoms with Gasteiger partial charge in [-0.2, -0.15) is 0 Å². The molecule has 2 aromatic rings. The molecule has 2 aliphatic carbocycles. The molecular formula is C29H38N6O6S. The number of aromatic nitrogens is 3. The van der Waals surface area contributed by atoms with E-state index < -0.39 is 29.4 Å². The van der Waals surface area contributed by atoms with Crippen molar-refractivity contribution in [2.24, 2.45) is 16.7 Å². The van der Waals surface area contributed by atoms with E-state index in [0.717, 1.165) is 24.4 Å². The maximum absolute atomic E-state index is 13.3. The maximum atomic E-state index is 13.3. The first-order valence-electron chi connectivity index (χ1n) is 14.0. The minimum absolute atomic E-state index is 0.00732. The number of rotatable bonds is 11. The van der Waals surface area contributed by atoms with E-state index in [1.54, 1.807) is 13.0 Å². The van der Waals surface area contributed by atoms with Gasteiger partial charge in [0.1, 0.15) is 23.2 Å². The summed E-state index contributed by atoms with van der Waals surface area (Å²) in [6.45, 7) is 8.23. The van der Waals surface area contributed by atoms with Gasteiger partial charge in [-0.1, -0.05) is 31.3 Å². The Morgan fingerprint density at radius 2 is 2.02 bits per heavy atom. The quantitative estimate of drug-likeness (QED) is 0.263. The molecule has 3 N–H and O–H groups in total. The molecule has 42 heavy (non-hydrogen) atoms. The number of ether oxygens (including phenoxy) is 1. The van der Waals surface area contributed by atoms with Crippen molar-refractivity contribution < 1.29 is 23.9 Å². The van der Waals surface area contributed by atoms with Crippen molar-refractivity contribution in [3.05, 3.63) is 51.4 Å². The number of nitrogens with one attached hydrogen (secondary N) is 3. The average molecular weight is 599 g/mol. The third-order valence-electron chi connectivity index (χ3n) is 9.28. The lowest BCUT2D eigenvalue weighted by Crippen LogP contribution is -2.48. The van der Waals surface area contributed by atoms with Crippen LogP contribution in [0.2, 0.25) is 0 Å². The van der Waals surface area contributed by atoms with Crippen molar-refractivity contribution in [3.63, 3.8) is 0 Å². The molecule has 4 atom stereocenters. The number of nitrogens with zero attached hydrogens (tertiary/aromatic N) is 3. The van der Waals surface area contributed by atoms with Crippen molar-refractivity contribution in [1.29, 1.82) is 0 Å². The Morgan fingerprint density at radius 1 is 1.26 bits per heavy atom. The number of hydrogen-bond acceptors (Lipinski definition) is 9. The van der Waals surface area contributed by atoms with Crippen LogP contribution >= 0.6 is 11.5 Å². The number of hydrogen-bond donors (Lipinski definition) is 3. The van der Waals surface area contributed by atoms with Gasteiger partial charge in [0.15, 0.2) is 0 Å². The molecule has 0 unspecified atom stereocenters. The van der Waals surface area contributed by atoms with Crippen molar-refractivity contribution in [1.82, 2.24) is 24.8 Å². The van der Waals surface area contributed by atoms with Crippen LogP contribution in [0.25, 0.3) is 0 Å². The summed E-state index contributed by atoms with van der Waals surface area (Å²) in [6.07, 6.45) is 7.82. The van der Waals surface area contributed by atoms with Gasteiger partial charge in [-0.05, 0) is 79.4 Å². The summed E-state index contributed by atoms with van der Waals surface area (Å²) in [5, 5.41) is 12.3. The van der Waals surface area contributed by atoms with Crippen molar-refractivity contribution in [3.8, 4) is 0 Å². The molecule has 4 rings (SSSR count). The Morgan fingerprint density at radius 3 is 2.64 bits per heavy atom. The molecule has 2 aliphatic rings. The summed E-state index contributed by atoms with van der Waals surface area (Å²) in [6, 6.07) is 2.03. The first-order valence-corrected chi connectivity index (χ1v) is 14.8. The van der Waals surface area contributed by atoms with Gasteiger partial charge in [0.2, 0.25) is 11.8 Å². The number of fused-ring (bicyclic) bond motifs is 2. The largest absolute Gasteiger partial charge is 0.466 e. The van der Waals surface area contributed by atoms with Crippen LogP contribution in [-0.2, 0) is 25.7 Å². The third kappa shape index (κ3) is 6.30. The fourth-order valence-corrected chi connectivity index (χ4v) is 6.80. The molecule has 2 saturated carbocycles. The maximum Gasteiger partial charge on any atom is 0.330 e. The van der Waals surface area contributed by atoms with E-state index >= 15 is 0 Å². The highest BCUT2D eigenvalue weighted by Gasteiger charge is 2.61. The molecule has 0 radical (unpaired) electrons. The zero-order valence-corrected chi connectivity index (χ0v) is 25.4. The molecule has 2 fully saturated rings. The fourth-order valence-electron chi connectivity index (χ4n) is 6.24. The lowest BCUT2D eigenvalue weighted by molar-refractivity contribution is -0.134. The normalized spacial score (nSPS) is 23.0. The second kappa shape index (κ2) is 12.6. The Kier molecular flexibility index (Phi) is 9.29. The van der Waals surface area contributed by atoms with E-state index in [1.807, 2.05) is 0 Å². The molecule has 13 heteroatoms. The number of pyridine rings is 1. The van der Waals surface area contributed by atoms with Crippen LogP contribution in [-0.4, -0.2) is 57.0 Å². The van der Waals surface area contributed by atoms with Crippen LogP contribution in [0.4, 0.5) is 5.69 Å². The van der Waals surface area contributed by atoms with E-state index in [4.69, 9.17) is 0 Å². The second-order valence-electron chi connectivity index (χ2n) is 11.8. The summed E-state index contributed by atoms with van der Waals surface area (Å²) >= 11 is 0.904. The van der Waals surface area contributed by atoms with Crippen LogP contribution in [0.15, 0.2) is 35.3 Å². The lowest BCUT2D eigenvalue weighted by Gasteiger charge is -2.39. The molecular weight excluding hydrogens is 560 g/mol. The Hall–Kier alpha value is -3.87. The molecule has 0 saturated heterocycles. The number of amides is 3. The highest BCUT2D eigenvalue weighted by atomic mass is 32.1. The van der Waals surface area contributed by atoms with Gasteiger partial charge in [-0.15, -0.1) is 5.10 Å². The highest BCUT2D eigenvalue weighted by molar-refractivity contribution is 7.08. The monoisotopic (exact) mass is 598 g/mol. The number of anilines is 1. The number of carbonyl (C=O) groups excluding carboxylic acids is 4. The van der Waals surface area contributed by atoms with Crippen LogP contribution in [0.3, 0.4) is 0 Å². The highest BCUT2D eigenvalue weighted by Crippen LogP contribution is 2.65. The lowest BCUT2D eigenvalue weighted by atomic mass is 9.69. The first-order chi connectivity index (χ1) is 19.9. The Balaban J connectivity index is 1.43. The van der Waals surface area contributed by atoms with Gasteiger partial charge in [0.25, 0.3) is 11.5 Å². The van der Waals surface area contributed by atoms with Gasteiger partial charge in [0, 0.05) is 18.3 Å². The fraction of sp³-hybridized carbons (Fsp3) is 0.552. The standard InChI is InChI=1S/C29H38N6O6S/c1-17-24(42-34-33-17)26(39)30-19(9-6-7-11-23(37)41-5)25(38)31-20-10-8-14-35(27(20)40)16-22(36)32-21-15-18-12-13-29(21,4)28(18,2)3/h7-8,10-11,14,18-19,21H,6,9,12-13,15-16H2,1-5H3,(H,30,39)(H,31,38)(H,32,36)/b11-7+/t18-,19+,21+,29+/m1/s1. The second-order valence-corrected chi connectivity index (χ2v) is 12.5.